The van der Waals surface area contributed by atoms with E-state index in [2.05, 4.69) is 39.4 Å². The lowest BCUT2D eigenvalue weighted by Gasteiger charge is -2.28. The zero-order valence-corrected chi connectivity index (χ0v) is 13.2. The number of ether oxygens (including phenoxy) is 1. The summed E-state index contributed by atoms with van der Waals surface area (Å²) in [7, 11) is 0. The molecule has 0 amide bonds. The van der Waals surface area contributed by atoms with Crippen LogP contribution in [-0.4, -0.2) is 36.5 Å². The largest absolute Gasteiger partial charge is 0.378 e. The first-order valence-electron chi connectivity index (χ1n) is 8.04. The maximum atomic E-state index is 13.0. The highest BCUT2D eigenvalue weighted by Gasteiger charge is 2.12. The molecule has 2 aromatic carbocycles. The number of rotatable bonds is 3. The van der Waals surface area contributed by atoms with Gasteiger partial charge >= 0.3 is 0 Å². The van der Waals surface area contributed by atoms with Gasteiger partial charge in [0, 0.05) is 24.3 Å². The first kappa shape index (κ1) is 14.9. The normalized spacial score (nSPS) is 14.8. The maximum absolute atomic E-state index is 13.0. The van der Waals surface area contributed by atoms with Crippen molar-refractivity contribution in [2.24, 2.45) is 0 Å². The van der Waals surface area contributed by atoms with Gasteiger partial charge in [0.15, 0.2) is 0 Å². The molecule has 0 aliphatic carbocycles. The van der Waals surface area contributed by atoms with Crippen LogP contribution in [0.2, 0.25) is 0 Å². The number of aromatic nitrogens is 2. The number of H-pyrrole nitrogens is 1. The van der Waals surface area contributed by atoms with Crippen LogP contribution in [0, 0.1) is 5.82 Å². The van der Waals surface area contributed by atoms with E-state index in [0.29, 0.717) is 0 Å². The minimum Gasteiger partial charge on any atom is -0.378 e. The lowest BCUT2D eigenvalue weighted by Crippen LogP contribution is -2.36. The van der Waals surface area contributed by atoms with Crippen LogP contribution in [0.5, 0.6) is 0 Å². The van der Waals surface area contributed by atoms with Crippen molar-refractivity contribution in [3.8, 4) is 22.5 Å². The fourth-order valence-electron chi connectivity index (χ4n) is 2.91. The summed E-state index contributed by atoms with van der Waals surface area (Å²) >= 11 is 0. The molecule has 0 unspecified atom stereocenters. The number of morpholine rings is 1. The van der Waals surface area contributed by atoms with Crippen molar-refractivity contribution in [1.82, 2.24) is 10.2 Å². The molecule has 4 rings (SSSR count). The van der Waals surface area contributed by atoms with Gasteiger partial charge in [0.05, 0.1) is 24.6 Å². The molecule has 2 heterocycles. The molecule has 0 atom stereocenters. The summed E-state index contributed by atoms with van der Waals surface area (Å²) in [6.45, 7) is 3.41. The lowest BCUT2D eigenvalue weighted by molar-refractivity contribution is 0.122. The topological polar surface area (TPSA) is 41.1 Å². The van der Waals surface area contributed by atoms with E-state index in [1.54, 1.807) is 12.1 Å². The van der Waals surface area contributed by atoms with Crippen LogP contribution in [0.1, 0.15) is 0 Å². The quantitative estimate of drug-likeness (QED) is 0.799. The number of benzene rings is 2. The maximum Gasteiger partial charge on any atom is 0.123 e. The van der Waals surface area contributed by atoms with Gasteiger partial charge in [-0.1, -0.05) is 12.1 Å². The van der Waals surface area contributed by atoms with Crippen LogP contribution >= 0.6 is 0 Å². The highest BCUT2D eigenvalue weighted by atomic mass is 19.1. The minimum absolute atomic E-state index is 0.239. The number of halogens is 1. The summed E-state index contributed by atoms with van der Waals surface area (Å²) < 4.78 is 18.4. The van der Waals surface area contributed by atoms with E-state index in [1.165, 1.54) is 17.8 Å². The molecule has 1 saturated heterocycles. The van der Waals surface area contributed by atoms with Crippen LogP contribution in [0.4, 0.5) is 10.1 Å². The van der Waals surface area contributed by atoms with E-state index in [4.69, 9.17) is 4.74 Å². The van der Waals surface area contributed by atoms with Gasteiger partial charge in [0.25, 0.3) is 0 Å². The average Bonchev–Trinajstić information content (AvgIpc) is 3.13. The van der Waals surface area contributed by atoms with E-state index in [1.807, 2.05) is 6.07 Å². The van der Waals surface area contributed by atoms with Gasteiger partial charge in [-0.2, -0.15) is 5.10 Å². The lowest BCUT2D eigenvalue weighted by atomic mass is 10.1. The van der Waals surface area contributed by atoms with E-state index in [9.17, 15) is 4.39 Å². The number of aromatic amines is 1. The summed E-state index contributed by atoms with van der Waals surface area (Å²) in [6, 6.07) is 16.8. The van der Waals surface area contributed by atoms with E-state index >= 15 is 0 Å². The van der Waals surface area contributed by atoms with Gasteiger partial charge < -0.3 is 9.64 Å². The smallest absolute Gasteiger partial charge is 0.123 e. The predicted octanol–water partition coefficient (Wildman–Crippen LogP) is 3.72. The first-order valence-corrected chi connectivity index (χ1v) is 8.04. The van der Waals surface area contributed by atoms with Gasteiger partial charge in [-0.25, -0.2) is 4.39 Å². The molecular formula is C19H18FN3O. The third kappa shape index (κ3) is 3.03. The third-order valence-corrected chi connectivity index (χ3v) is 4.27. The monoisotopic (exact) mass is 323 g/mol. The van der Waals surface area contributed by atoms with Gasteiger partial charge in [-0.05, 0) is 48.0 Å². The summed E-state index contributed by atoms with van der Waals surface area (Å²) in [5.74, 6) is -0.239. The van der Waals surface area contributed by atoms with Crippen LogP contribution in [0.15, 0.2) is 54.6 Å². The SMILES string of the molecule is Fc1ccc(-c2cc(-c3ccc(N4CCOCC4)cc3)n[nH]2)cc1. The molecule has 4 nitrogen and oxygen atoms in total. The van der Waals surface area contributed by atoms with Crippen molar-refractivity contribution in [1.29, 1.82) is 0 Å². The second-order valence-electron chi connectivity index (χ2n) is 5.82. The van der Waals surface area contributed by atoms with Crippen molar-refractivity contribution in [3.63, 3.8) is 0 Å². The molecule has 1 fully saturated rings. The minimum atomic E-state index is -0.239. The Hall–Kier alpha value is -2.66. The molecule has 0 radical (unpaired) electrons. The van der Waals surface area contributed by atoms with Gasteiger partial charge in [-0.15, -0.1) is 0 Å². The number of nitrogens with zero attached hydrogens (tertiary/aromatic N) is 2. The molecule has 1 N–H and O–H groups in total. The van der Waals surface area contributed by atoms with Crippen molar-refractivity contribution >= 4 is 5.69 Å². The molecule has 0 spiro atoms. The van der Waals surface area contributed by atoms with Crippen molar-refractivity contribution in [2.75, 3.05) is 31.2 Å². The molecule has 0 bridgehead atoms. The molecule has 1 aromatic heterocycles. The summed E-state index contributed by atoms with van der Waals surface area (Å²) in [6.07, 6.45) is 0. The molecule has 1 aliphatic rings. The zero-order valence-electron chi connectivity index (χ0n) is 13.2. The highest BCUT2D eigenvalue weighted by Crippen LogP contribution is 2.26. The van der Waals surface area contributed by atoms with Gasteiger partial charge in [0.2, 0.25) is 0 Å². The zero-order chi connectivity index (χ0) is 16.4. The molecule has 0 saturated carbocycles. The summed E-state index contributed by atoms with van der Waals surface area (Å²) in [5.41, 5.74) is 4.93. The Kier molecular flexibility index (Phi) is 4.01. The summed E-state index contributed by atoms with van der Waals surface area (Å²) in [4.78, 5) is 2.32. The van der Waals surface area contributed by atoms with Crippen LogP contribution in [-0.2, 0) is 4.74 Å². The Morgan fingerprint density at radius 1 is 0.917 bits per heavy atom. The molecule has 1 aliphatic heterocycles. The second kappa shape index (κ2) is 6.45. The van der Waals surface area contributed by atoms with Crippen molar-refractivity contribution < 1.29 is 9.13 Å². The highest BCUT2D eigenvalue weighted by molar-refractivity contribution is 5.69. The Morgan fingerprint density at radius 3 is 2.29 bits per heavy atom. The Balaban J connectivity index is 1.54. The number of anilines is 1. The molecule has 24 heavy (non-hydrogen) atoms. The van der Waals surface area contributed by atoms with E-state index in [0.717, 1.165) is 48.8 Å². The Labute approximate surface area is 139 Å². The molecule has 5 heteroatoms. The Bertz CT molecular complexity index is 805. The van der Waals surface area contributed by atoms with E-state index < -0.39 is 0 Å². The number of nitrogens with one attached hydrogen (secondary N) is 1. The van der Waals surface area contributed by atoms with Crippen LogP contribution in [0.3, 0.4) is 0 Å². The molecular weight excluding hydrogens is 305 g/mol. The van der Waals surface area contributed by atoms with Gasteiger partial charge in [0.1, 0.15) is 5.82 Å². The standard InChI is InChI=1S/C19H18FN3O/c20-16-5-1-14(2-6-16)18-13-19(22-21-18)15-3-7-17(8-4-15)23-9-11-24-12-10-23/h1-8,13H,9-12H2,(H,21,22). The second-order valence-corrected chi connectivity index (χ2v) is 5.82. The predicted molar refractivity (Wildman–Crippen MR) is 92.4 cm³/mol. The molecule has 122 valence electrons. The molecule has 3 aromatic rings. The summed E-state index contributed by atoms with van der Waals surface area (Å²) in [5, 5.41) is 7.39. The number of hydrogen-bond donors (Lipinski definition) is 1. The fraction of sp³-hybridized carbons (Fsp3) is 0.211. The Morgan fingerprint density at radius 2 is 1.58 bits per heavy atom. The van der Waals surface area contributed by atoms with Crippen LogP contribution in [0.25, 0.3) is 22.5 Å². The van der Waals surface area contributed by atoms with Crippen molar-refractivity contribution in [2.45, 2.75) is 0 Å². The average molecular weight is 323 g/mol. The van der Waals surface area contributed by atoms with Crippen molar-refractivity contribution in [3.05, 3.63) is 60.4 Å². The third-order valence-electron chi connectivity index (χ3n) is 4.27. The number of hydrogen-bond acceptors (Lipinski definition) is 3. The van der Waals surface area contributed by atoms with Gasteiger partial charge in [-0.3, -0.25) is 5.10 Å². The first-order chi connectivity index (χ1) is 11.8. The fourth-order valence-corrected chi connectivity index (χ4v) is 2.91. The van der Waals surface area contributed by atoms with E-state index in [-0.39, 0.29) is 5.82 Å². The van der Waals surface area contributed by atoms with Crippen LogP contribution < -0.4 is 4.90 Å².